The van der Waals surface area contributed by atoms with E-state index in [2.05, 4.69) is 11.1 Å². The number of aromatic amines is 1. The van der Waals surface area contributed by atoms with Crippen LogP contribution in [0.2, 0.25) is 0 Å². The normalized spacial score (nSPS) is 17.0. The van der Waals surface area contributed by atoms with E-state index in [0.717, 1.165) is 16.8 Å². The molecule has 3 nitrogen and oxygen atoms in total. The summed E-state index contributed by atoms with van der Waals surface area (Å²) in [4.78, 5) is 3.18. The van der Waals surface area contributed by atoms with Gasteiger partial charge in [-0.25, -0.2) is 4.39 Å². The van der Waals surface area contributed by atoms with Crippen molar-refractivity contribution in [2.45, 2.75) is 19.4 Å². The van der Waals surface area contributed by atoms with Gasteiger partial charge in [0.15, 0.2) is 0 Å². The number of fused-ring (bicyclic) bond motifs is 3. The number of hydrogen-bond donors (Lipinski definition) is 1. The summed E-state index contributed by atoms with van der Waals surface area (Å²) in [6.45, 7) is 2.33. The van der Waals surface area contributed by atoms with Crippen LogP contribution < -0.4 is 0 Å². The molecule has 1 aliphatic rings. The number of nitrogens with one attached hydrogen (secondary N) is 1. The van der Waals surface area contributed by atoms with Crippen molar-refractivity contribution in [3.05, 3.63) is 70.2 Å². The van der Waals surface area contributed by atoms with Crippen molar-refractivity contribution in [3.8, 4) is 6.07 Å². The SMILES string of the molecule is Cc1cc(F)c2[nH]c3c(c2c1C#N)CCOC3c1ccccc1. The highest BCUT2D eigenvalue weighted by atomic mass is 19.1. The first kappa shape index (κ1) is 14.0. The lowest BCUT2D eigenvalue weighted by atomic mass is 9.94. The molecule has 3 aromatic rings. The predicted octanol–water partition coefficient (Wildman–Crippen LogP) is 4.15. The average molecular weight is 306 g/mol. The van der Waals surface area contributed by atoms with Gasteiger partial charge in [-0.1, -0.05) is 30.3 Å². The molecule has 2 aromatic carbocycles. The van der Waals surface area contributed by atoms with Crippen LogP contribution in [0.5, 0.6) is 0 Å². The van der Waals surface area contributed by atoms with Gasteiger partial charge in [-0.2, -0.15) is 5.26 Å². The topological polar surface area (TPSA) is 48.8 Å². The quantitative estimate of drug-likeness (QED) is 0.734. The van der Waals surface area contributed by atoms with E-state index in [-0.39, 0.29) is 11.9 Å². The number of nitrogens with zero attached hydrogens (tertiary/aromatic N) is 1. The Hall–Kier alpha value is -2.64. The van der Waals surface area contributed by atoms with Gasteiger partial charge in [-0.05, 0) is 36.1 Å². The lowest BCUT2D eigenvalue weighted by molar-refractivity contribution is 0.0677. The molecular formula is C19H15FN2O. The Labute approximate surface area is 133 Å². The van der Waals surface area contributed by atoms with Crippen LogP contribution in [0.3, 0.4) is 0 Å². The van der Waals surface area contributed by atoms with E-state index < -0.39 is 0 Å². The molecule has 4 heteroatoms. The fraction of sp³-hybridized carbons (Fsp3) is 0.211. The van der Waals surface area contributed by atoms with Crippen LogP contribution in [0.15, 0.2) is 36.4 Å². The number of aromatic nitrogens is 1. The molecule has 0 fully saturated rings. The second-order valence-corrected chi connectivity index (χ2v) is 5.84. The van der Waals surface area contributed by atoms with E-state index in [0.29, 0.717) is 35.1 Å². The molecule has 0 saturated heterocycles. The molecule has 0 bridgehead atoms. The van der Waals surface area contributed by atoms with Crippen LogP contribution >= 0.6 is 0 Å². The summed E-state index contributed by atoms with van der Waals surface area (Å²) in [5.41, 5.74) is 4.51. The molecule has 1 unspecified atom stereocenters. The Morgan fingerprint density at radius 1 is 1.30 bits per heavy atom. The lowest BCUT2D eigenvalue weighted by Crippen LogP contribution is -2.16. The maximum absolute atomic E-state index is 14.4. The molecule has 0 aliphatic carbocycles. The number of hydrogen-bond acceptors (Lipinski definition) is 2. The van der Waals surface area contributed by atoms with E-state index in [1.54, 1.807) is 6.92 Å². The summed E-state index contributed by atoms with van der Waals surface area (Å²) in [6.07, 6.45) is 0.426. The Kier molecular flexibility index (Phi) is 3.17. The van der Waals surface area contributed by atoms with Crippen LogP contribution in [0.25, 0.3) is 10.9 Å². The van der Waals surface area contributed by atoms with E-state index in [1.807, 2.05) is 30.3 Å². The molecule has 1 N–H and O–H groups in total. The second kappa shape index (κ2) is 5.22. The standard InChI is InChI=1S/C19H15FN2O/c1-11-9-15(20)18-16(14(11)10-21)13-7-8-23-19(17(13)22-18)12-5-3-2-4-6-12/h2-6,9,19,22H,7-8H2,1H3. The van der Waals surface area contributed by atoms with Crippen LogP contribution in [0.4, 0.5) is 4.39 Å². The van der Waals surface area contributed by atoms with Crippen LogP contribution in [0.1, 0.15) is 34.1 Å². The first-order valence-electron chi connectivity index (χ1n) is 7.61. The third-order valence-corrected chi connectivity index (χ3v) is 4.48. The van der Waals surface area contributed by atoms with Gasteiger partial charge in [0, 0.05) is 5.39 Å². The minimum Gasteiger partial charge on any atom is -0.367 e. The third-order valence-electron chi connectivity index (χ3n) is 4.48. The maximum Gasteiger partial charge on any atom is 0.147 e. The second-order valence-electron chi connectivity index (χ2n) is 5.84. The summed E-state index contributed by atoms with van der Waals surface area (Å²) < 4.78 is 20.3. The smallest absolute Gasteiger partial charge is 0.147 e. The molecule has 2 heterocycles. The van der Waals surface area contributed by atoms with Gasteiger partial charge in [0.05, 0.1) is 23.4 Å². The lowest BCUT2D eigenvalue weighted by Gasteiger charge is -2.24. The molecule has 1 aliphatic heterocycles. The molecule has 0 spiro atoms. The van der Waals surface area contributed by atoms with Gasteiger partial charge in [0.2, 0.25) is 0 Å². The van der Waals surface area contributed by atoms with Crippen molar-refractivity contribution in [2.75, 3.05) is 6.61 Å². The van der Waals surface area contributed by atoms with Gasteiger partial charge in [0.25, 0.3) is 0 Å². The summed E-state index contributed by atoms with van der Waals surface area (Å²) in [6, 6.07) is 13.5. The highest BCUT2D eigenvalue weighted by Crippen LogP contribution is 2.39. The Balaban J connectivity index is 2.02. The molecule has 114 valence electrons. The zero-order chi connectivity index (χ0) is 16.0. The van der Waals surface area contributed by atoms with Gasteiger partial charge < -0.3 is 9.72 Å². The van der Waals surface area contributed by atoms with Gasteiger partial charge in [0.1, 0.15) is 18.0 Å². The number of benzene rings is 2. The van der Waals surface area contributed by atoms with E-state index >= 15 is 0 Å². The zero-order valence-corrected chi connectivity index (χ0v) is 12.7. The molecule has 1 atom stereocenters. The minimum atomic E-state index is -0.322. The number of rotatable bonds is 1. The zero-order valence-electron chi connectivity index (χ0n) is 12.7. The molecular weight excluding hydrogens is 291 g/mol. The van der Waals surface area contributed by atoms with Crippen LogP contribution in [-0.2, 0) is 11.2 Å². The largest absolute Gasteiger partial charge is 0.367 e. The number of ether oxygens (including phenoxy) is 1. The Morgan fingerprint density at radius 2 is 2.09 bits per heavy atom. The van der Waals surface area contributed by atoms with Crippen molar-refractivity contribution >= 4 is 10.9 Å². The molecule has 4 rings (SSSR count). The Morgan fingerprint density at radius 3 is 2.83 bits per heavy atom. The number of H-pyrrole nitrogens is 1. The highest BCUT2D eigenvalue weighted by molar-refractivity contribution is 5.92. The summed E-state index contributed by atoms with van der Waals surface area (Å²) in [5, 5.41) is 10.2. The van der Waals surface area contributed by atoms with Crippen molar-refractivity contribution in [3.63, 3.8) is 0 Å². The fourth-order valence-corrected chi connectivity index (χ4v) is 3.43. The predicted molar refractivity (Wildman–Crippen MR) is 85.6 cm³/mol. The first-order chi connectivity index (χ1) is 11.2. The third kappa shape index (κ3) is 2.05. The van der Waals surface area contributed by atoms with Crippen molar-refractivity contribution < 1.29 is 9.13 Å². The van der Waals surface area contributed by atoms with Gasteiger partial charge >= 0.3 is 0 Å². The summed E-state index contributed by atoms with van der Waals surface area (Å²) >= 11 is 0. The van der Waals surface area contributed by atoms with E-state index in [1.165, 1.54) is 6.07 Å². The van der Waals surface area contributed by atoms with E-state index in [4.69, 9.17) is 4.74 Å². The average Bonchev–Trinajstić information content (AvgIpc) is 2.96. The minimum absolute atomic E-state index is 0.251. The van der Waals surface area contributed by atoms with Crippen LogP contribution in [0, 0.1) is 24.1 Å². The molecule has 1 aromatic heterocycles. The first-order valence-corrected chi connectivity index (χ1v) is 7.61. The number of nitriles is 1. The van der Waals surface area contributed by atoms with Gasteiger partial charge in [-0.15, -0.1) is 0 Å². The van der Waals surface area contributed by atoms with Crippen molar-refractivity contribution in [2.24, 2.45) is 0 Å². The fourth-order valence-electron chi connectivity index (χ4n) is 3.43. The monoisotopic (exact) mass is 306 g/mol. The molecule has 0 radical (unpaired) electrons. The summed E-state index contributed by atoms with van der Waals surface area (Å²) in [7, 11) is 0. The highest BCUT2D eigenvalue weighted by Gasteiger charge is 2.29. The Bertz CT molecular complexity index is 938. The molecule has 0 saturated carbocycles. The van der Waals surface area contributed by atoms with Crippen molar-refractivity contribution in [1.29, 1.82) is 5.26 Å². The maximum atomic E-state index is 14.4. The van der Waals surface area contributed by atoms with Crippen LogP contribution in [-0.4, -0.2) is 11.6 Å². The van der Waals surface area contributed by atoms with E-state index in [9.17, 15) is 9.65 Å². The van der Waals surface area contributed by atoms with Gasteiger partial charge in [-0.3, -0.25) is 0 Å². The molecule has 23 heavy (non-hydrogen) atoms. The molecule has 0 amide bonds. The number of halogens is 1. The summed E-state index contributed by atoms with van der Waals surface area (Å²) in [5.74, 6) is -0.322. The van der Waals surface area contributed by atoms with Crippen molar-refractivity contribution in [1.82, 2.24) is 4.98 Å². The number of aryl methyl sites for hydroxylation is 1.